The van der Waals surface area contributed by atoms with Crippen LogP contribution in [0, 0.1) is 5.92 Å². The SMILES string of the molecule is CN1CCC(Cc2nc(CCS(C)(=O)=O)n(C3CCCCC3)n2)CC1. The lowest BCUT2D eigenvalue weighted by atomic mass is 9.94. The van der Waals surface area contributed by atoms with Gasteiger partial charge in [0.15, 0.2) is 5.82 Å². The van der Waals surface area contributed by atoms with Crippen LogP contribution in [-0.4, -0.2) is 60.2 Å². The number of hydrogen-bond acceptors (Lipinski definition) is 5. The van der Waals surface area contributed by atoms with Crippen molar-refractivity contribution in [2.24, 2.45) is 5.92 Å². The van der Waals surface area contributed by atoms with Crippen LogP contribution in [0.3, 0.4) is 0 Å². The molecule has 25 heavy (non-hydrogen) atoms. The van der Waals surface area contributed by atoms with Crippen LogP contribution in [0.4, 0.5) is 0 Å². The second-order valence-electron chi connectivity index (χ2n) is 8.01. The van der Waals surface area contributed by atoms with Crippen molar-refractivity contribution in [1.82, 2.24) is 19.7 Å². The van der Waals surface area contributed by atoms with Gasteiger partial charge in [-0.15, -0.1) is 0 Å². The van der Waals surface area contributed by atoms with Crippen LogP contribution in [0.2, 0.25) is 0 Å². The Morgan fingerprint density at radius 3 is 2.40 bits per heavy atom. The molecule has 0 aromatic carbocycles. The third kappa shape index (κ3) is 5.51. The molecule has 1 aromatic rings. The maximum Gasteiger partial charge on any atom is 0.151 e. The summed E-state index contributed by atoms with van der Waals surface area (Å²) in [5.74, 6) is 2.61. The van der Waals surface area contributed by atoms with E-state index in [0.29, 0.717) is 18.4 Å². The molecule has 0 bridgehead atoms. The lowest BCUT2D eigenvalue weighted by molar-refractivity contribution is 0.217. The molecule has 142 valence electrons. The third-order valence-corrected chi connectivity index (χ3v) is 6.62. The van der Waals surface area contributed by atoms with Crippen LogP contribution in [0.15, 0.2) is 0 Å². The van der Waals surface area contributed by atoms with E-state index in [1.807, 2.05) is 0 Å². The molecule has 0 radical (unpaired) electrons. The second kappa shape index (κ2) is 8.16. The van der Waals surface area contributed by atoms with E-state index in [0.717, 1.165) is 44.0 Å². The Morgan fingerprint density at radius 2 is 1.76 bits per heavy atom. The zero-order chi connectivity index (χ0) is 17.9. The fourth-order valence-electron chi connectivity index (χ4n) is 4.08. The highest BCUT2D eigenvalue weighted by Gasteiger charge is 2.24. The van der Waals surface area contributed by atoms with Gasteiger partial charge in [-0.25, -0.2) is 18.1 Å². The first-order valence-corrected chi connectivity index (χ1v) is 11.8. The zero-order valence-corrected chi connectivity index (χ0v) is 16.5. The predicted molar refractivity (Wildman–Crippen MR) is 99.5 cm³/mol. The molecule has 2 fully saturated rings. The molecular formula is C18H32N4O2S. The lowest BCUT2D eigenvalue weighted by Crippen LogP contribution is -2.31. The Hall–Kier alpha value is -0.950. The van der Waals surface area contributed by atoms with Crippen LogP contribution < -0.4 is 0 Å². The number of hydrogen-bond donors (Lipinski definition) is 0. The van der Waals surface area contributed by atoms with Crippen molar-refractivity contribution in [2.45, 2.75) is 63.8 Å². The van der Waals surface area contributed by atoms with Crippen molar-refractivity contribution >= 4 is 9.84 Å². The number of rotatable bonds is 6. The first-order valence-electron chi connectivity index (χ1n) is 9.71. The standard InChI is InChI=1S/C18H32N4O2S/c1-21-11-8-15(9-12-21)14-17-19-18(10-13-25(2,23)24)22(20-17)16-6-4-3-5-7-16/h15-16H,3-14H2,1-2H3. The summed E-state index contributed by atoms with van der Waals surface area (Å²) in [5.41, 5.74) is 0. The van der Waals surface area contributed by atoms with Gasteiger partial charge in [0.2, 0.25) is 0 Å². The molecule has 0 spiro atoms. The average molecular weight is 369 g/mol. The largest absolute Gasteiger partial charge is 0.306 e. The van der Waals surface area contributed by atoms with Gasteiger partial charge in [0, 0.05) is 19.1 Å². The summed E-state index contributed by atoms with van der Waals surface area (Å²) in [5, 5.41) is 4.84. The van der Waals surface area contributed by atoms with E-state index in [1.165, 1.54) is 38.4 Å². The number of piperidine rings is 1. The van der Waals surface area contributed by atoms with Crippen molar-refractivity contribution in [3.8, 4) is 0 Å². The van der Waals surface area contributed by atoms with E-state index >= 15 is 0 Å². The first kappa shape index (κ1) is 18.8. The van der Waals surface area contributed by atoms with E-state index < -0.39 is 9.84 Å². The van der Waals surface area contributed by atoms with E-state index in [2.05, 4.69) is 16.6 Å². The molecule has 2 aliphatic rings. The fourth-order valence-corrected chi connectivity index (χ4v) is 4.63. The van der Waals surface area contributed by atoms with Gasteiger partial charge < -0.3 is 4.90 Å². The summed E-state index contributed by atoms with van der Waals surface area (Å²) in [6.45, 7) is 2.30. The molecule has 0 amide bonds. The molecule has 0 unspecified atom stereocenters. The van der Waals surface area contributed by atoms with Crippen molar-refractivity contribution in [3.05, 3.63) is 11.6 Å². The Bertz CT molecular complexity index is 657. The third-order valence-electron chi connectivity index (χ3n) is 5.67. The van der Waals surface area contributed by atoms with Crippen molar-refractivity contribution in [3.63, 3.8) is 0 Å². The zero-order valence-electron chi connectivity index (χ0n) is 15.7. The molecule has 1 aromatic heterocycles. The van der Waals surface area contributed by atoms with E-state index in [-0.39, 0.29) is 5.75 Å². The highest BCUT2D eigenvalue weighted by atomic mass is 32.2. The van der Waals surface area contributed by atoms with Gasteiger partial charge in [0.05, 0.1) is 11.8 Å². The summed E-state index contributed by atoms with van der Waals surface area (Å²) < 4.78 is 25.2. The summed E-state index contributed by atoms with van der Waals surface area (Å²) in [6, 6.07) is 0.405. The normalized spacial score (nSPS) is 21.7. The lowest BCUT2D eigenvalue weighted by Gasteiger charge is -2.28. The van der Waals surface area contributed by atoms with Crippen molar-refractivity contribution in [2.75, 3.05) is 32.1 Å². The molecule has 7 heteroatoms. The van der Waals surface area contributed by atoms with Gasteiger partial charge in [-0.05, 0) is 51.7 Å². The van der Waals surface area contributed by atoms with Gasteiger partial charge >= 0.3 is 0 Å². The molecule has 3 rings (SSSR count). The van der Waals surface area contributed by atoms with Crippen LogP contribution in [0.25, 0.3) is 0 Å². The highest BCUT2D eigenvalue weighted by molar-refractivity contribution is 7.90. The minimum atomic E-state index is -2.98. The fraction of sp³-hybridized carbons (Fsp3) is 0.889. The molecule has 1 aliphatic carbocycles. The van der Waals surface area contributed by atoms with Crippen LogP contribution in [-0.2, 0) is 22.7 Å². The van der Waals surface area contributed by atoms with Gasteiger partial charge in [-0.1, -0.05) is 19.3 Å². The minimum Gasteiger partial charge on any atom is -0.306 e. The maximum atomic E-state index is 11.6. The molecule has 0 atom stereocenters. The summed E-state index contributed by atoms with van der Waals surface area (Å²) in [4.78, 5) is 7.15. The molecule has 1 saturated carbocycles. The number of likely N-dealkylation sites (tertiary alicyclic amines) is 1. The van der Waals surface area contributed by atoms with Crippen LogP contribution in [0.1, 0.15) is 62.6 Å². The number of nitrogens with zero attached hydrogens (tertiary/aromatic N) is 4. The quantitative estimate of drug-likeness (QED) is 0.770. The molecular weight excluding hydrogens is 336 g/mol. The van der Waals surface area contributed by atoms with E-state index in [1.54, 1.807) is 0 Å². The second-order valence-corrected chi connectivity index (χ2v) is 10.3. The molecule has 2 heterocycles. The number of aryl methyl sites for hydroxylation is 1. The summed E-state index contributed by atoms with van der Waals surface area (Å²) in [6.07, 6.45) is 11.2. The van der Waals surface area contributed by atoms with E-state index in [9.17, 15) is 8.42 Å². The Balaban J connectivity index is 1.73. The molecule has 1 aliphatic heterocycles. The Morgan fingerprint density at radius 1 is 1.08 bits per heavy atom. The summed E-state index contributed by atoms with van der Waals surface area (Å²) in [7, 11) is -0.804. The minimum absolute atomic E-state index is 0.159. The highest BCUT2D eigenvalue weighted by Crippen LogP contribution is 2.29. The van der Waals surface area contributed by atoms with Crippen LogP contribution >= 0.6 is 0 Å². The predicted octanol–water partition coefficient (Wildman–Crippen LogP) is 2.25. The van der Waals surface area contributed by atoms with E-state index in [4.69, 9.17) is 10.1 Å². The Kier molecular flexibility index (Phi) is 6.15. The smallest absolute Gasteiger partial charge is 0.151 e. The molecule has 6 nitrogen and oxygen atoms in total. The van der Waals surface area contributed by atoms with Gasteiger partial charge in [0.1, 0.15) is 15.7 Å². The number of aromatic nitrogens is 3. The molecule has 0 N–H and O–H groups in total. The monoisotopic (exact) mass is 368 g/mol. The maximum absolute atomic E-state index is 11.6. The Labute approximate surface area is 151 Å². The van der Waals surface area contributed by atoms with Gasteiger partial charge in [-0.2, -0.15) is 5.10 Å². The first-order chi connectivity index (χ1) is 11.9. The summed E-state index contributed by atoms with van der Waals surface area (Å²) >= 11 is 0. The van der Waals surface area contributed by atoms with Crippen molar-refractivity contribution in [1.29, 1.82) is 0 Å². The number of sulfone groups is 1. The van der Waals surface area contributed by atoms with Crippen molar-refractivity contribution < 1.29 is 8.42 Å². The molecule has 1 saturated heterocycles. The van der Waals surface area contributed by atoms with Gasteiger partial charge in [0.25, 0.3) is 0 Å². The van der Waals surface area contributed by atoms with Crippen LogP contribution in [0.5, 0.6) is 0 Å². The average Bonchev–Trinajstić information content (AvgIpc) is 2.98. The topological polar surface area (TPSA) is 68.1 Å². The van der Waals surface area contributed by atoms with Gasteiger partial charge in [-0.3, -0.25) is 0 Å².